The molecule has 5 heteroatoms. The van der Waals surface area contributed by atoms with Gasteiger partial charge >= 0.3 is 8.88 Å². The molecule has 0 saturated carbocycles. The minimum absolute atomic E-state index is 0.938. The lowest BCUT2D eigenvalue weighted by molar-refractivity contribution is 0.0302. The Morgan fingerprint density at radius 3 is 1.60 bits per heavy atom. The zero-order valence-electron chi connectivity index (χ0n) is 6.92. The molecule has 0 spiro atoms. The molecule has 1 heterocycles. The maximum Gasteiger partial charge on any atom is 0.523 e. The van der Waals surface area contributed by atoms with Crippen LogP contribution in [0.3, 0.4) is 0 Å². The molecule has 1 aliphatic heterocycles. The van der Waals surface area contributed by atoms with Crippen molar-refractivity contribution >= 4 is 8.88 Å². The van der Waals surface area contributed by atoms with Crippen LogP contribution in [0.5, 0.6) is 0 Å². The Morgan fingerprint density at radius 2 is 1.50 bits per heavy atom. The first-order chi connectivity index (χ1) is 4.67. The summed E-state index contributed by atoms with van der Waals surface area (Å²) in [5, 5.41) is 0. The van der Waals surface area contributed by atoms with Crippen LogP contribution in [0.15, 0.2) is 0 Å². The topological polar surface area (TPSA) is 24.9 Å². The van der Waals surface area contributed by atoms with Gasteiger partial charge in [-0.1, -0.05) is 0 Å². The first-order valence-electron chi connectivity index (χ1n) is 3.20. The highest BCUT2D eigenvalue weighted by Crippen LogP contribution is 2.23. The van der Waals surface area contributed by atoms with E-state index in [0.717, 1.165) is 6.67 Å². The monoisotopic (exact) mass is 162 g/mol. The molecular formula is C5H14N2O2Si. The average molecular weight is 162 g/mol. The van der Waals surface area contributed by atoms with Gasteiger partial charge in [-0.25, -0.2) is 0 Å². The van der Waals surface area contributed by atoms with Crippen LogP contribution < -0.4 is 0 Å². The van der Waals surface area contributed by atoms with Crippen LogP contribution in [0, 0.1) is 0 Å². The van der Waals surface area contributed by atoms with Crippen molar-refractivity contribution in [1.29, 1.82) is 0 Å². The Kier molecular flexibility index (Phi) is 2.12. The largest absolute Gasteiger partial charge is 0.523 e. The van der Waals surface area contributed by atoms with Crippen LogP contribution in [0.1, 0.15) is 0 Å². The third-order valence-electron chi connectivity index (χ3n) is 1.92. The molecule has 1 aliphatic rings. The first kappa shape index (κ1) is 8.16. The summed E-state index contributed by atoms with van der Waals surface area (Å²) in [5.74, 6) is 0. The van der Waals surface area contributed by atoms with Crippen LogP contribution >= 0.6 is 0 Å². The summed E-state index contributed by atoms with van der Waals surface area (Å²) in [5.41, 5.74) is 0. The lowest BCUT2D eigenvalue weighted by Crippen LogP contribution is -2.78. The zero-order chi connectivity index (χ0) is 7.78. The second kappa shape index (κ2) is 2.59. The fourth-order valence-corrected chi connectivity index (χ4v) is 3.97. The van der Waals surface area contributed by atoms with E-state index >= 15 is 0 Å². The van der Waals surface area contributed by atoms with Gasteiger partial charge in [-0.05, 0) is 14.1 Å². The van der Waals surface area contributed by atoms with Crippen LogP contribution in [0.2, 0.25) is 0 Å². The van der Waals surface area contributed by atoms with Gasteiger partial charge in [-0.3, -0.25) is 9.13 Å². The fraction of sp³-hybridized carbons (Fsp3) is 1.00. The molecule has 0 aromatic heterocycles. The maximum absolute atomic E-state index is 5.32. The van der Waals surface area contributed by atoms with Gasteiger partial charge in [0.05, 0.1) is 0 Å². The standard InChI is InChI=1S/C5H14N2O2Si/c1-6-5-7(2)10(6,8-3)9-4/h5H2,1-4H3. The number of nitrogens with zero attached hydrogens (tertiary/aromatic N) is 2. The van der Waals surface area contributed by atoms with Gasteiger partial charge in [0.15, 0.2) is 0 Å². The number of rotatable bonds is 2. The van der Waals surface area contributed by atoms with Crippen molar-refractivity contribution in [2.24, 2.45) is 0 Å². The summed E-state index contributed by atoms with van der Waals surface area (Å²) >= 11 is 0. The molecule has 0 aromatic carbocycles. The molecule has 10 heavy (non-hydrogen) atoms. The van der Waals surface area contributed by atoms with E-state index in [2.05, 4.69) is 9.13 Å². The molecule has 0 aliphatic carbocycles. The number of hydrogen-bond acceptors (Lipinski definition) is 4. The van der Waals surface area contributed by atoms with E-state index in [-0.39, 0.29) is 0 Å². The third kappa shape index (κ3) is 0.825. The summed E-state index contributed by atoms with van der Waals surface area (Å²) in [4.78, 5) is 0. The molecule has 0 N–H and O–H groups in total. The van der Waals surface area contributed by atoms with Gasteiger partial charge in [-0.2, -0.15) is 0 Å². The maximum atomic E-state index is 5.32. The van der Waals surface area contributed by atoms with E-state index in [9.17, 15) is 0 Å². The van der Waals surface area contributed by atoms with E-state index in [1.807, 2.05) is 14.1 Å². The van der Waals surface area contributed by atoms with Crippen molar-refractivity contribution < 1.29 is 8.85 Å². The van der Waals surface area contributed by atoms with Gasteiger partial charge in [0.2, 0.25) is 0 Å². The molecule has 0 atom stereocenters. The summed E-state index contributed by atoms with van der Waals surface area (Å²) in [7, 11) is 5.39. The average Bonchev–Trinajstić information content (AvgIpc) is 1.91. The normalized spacial score (nSPS) is 26.4. The highest BCUT2D eigenvalue weighted by molar-refractivity contribution is 6.63. The quantitative estimate of drug-likeness (QED) is 0.513. The molecule has 0 amide bonds. The summed E-state index contributed by atoms with van der Waals surface area (Å²) in [6, 6.07) is 0. The molecule has 1 fully saturated rings. The molecule has 60 valence electrons. The summed E-state index contributed by atoms with van der Waals surface area (Å²) < 4.78 is 14.9. The Labute approximate surface area is 62.7 Å². The summed E-state index contributed by atoms with van der Waals surface area (Å²) in [6.07, 6.45) is 0. The van der Waals surface area contributed by atoms with Crippen molar-refractivity contribution in [1.82, 2.24) is 9.13 Å². The number of hydrogen-bond donors (Lipinski definition) is 0. The van der Waals surface area contributed by atoms with Crippen LogP contribution in [-0.2, 0) is 8.85 Å². The molecule has 4 nitrogen and oxygen atoms in total. The van der Waals surface area contributed by atoms with E-state index in [4.69, 9.17) is 8.85 Å². The smallest absolute Gasteiger partial charge is 0.374 e. The molecular weight excluding hydrogens is 148 g/mol. The van der Waals surface area contributed by atoms with Gasteiger partial charge in [0.1, 0.15) is 0 Å². The van der Waals surface area contributed by atoms with Crippen molar-refractivity contribution in [3.05, 3.63) is 0 Å². The highest BCUT2D eigenvalue weighted by Gasteiger charge is 2.55. The molecule has 0 radical (unpaired) electrons. The lowest BCUT2D eigenvalue weighted by atomic mass is 11.0. The Bertz CT molecular complexity index is 119. The molecule has 1 saturated heterocycles. The van der Waals surface area contributed by atoms with Crippen molar-refractivity contribution in [2.45, 2.75) is 0 Å². The molecule has 0 unspecified atom stereocenters. The predicted molar refractivity (Wildman–Crippen MR) is 40.2 cm³/mol. The van der Waals surface area contributed by atoms with E-state index in [1.54, 1.807) is 14.2 Å². The third-order valence-corrected chi connectivity index (χ3v) is 5.20. The van der Waals surface area contributed by atoms with Crippen molar-refractivity contribution in [2.75, 3.05) is 35.0 Å². The van der Waals surface area contributed by atoms with Gasteiger partial charge in [0.25, 0.3) is 0 Å². The molecule has 0 aromatic rings. The van der Waals surface area contributed by atoms with Gasteiger partial charge < -0.3 is 8.85 Å². The van der Waals surface area contributed by atoms with Crippen molar-refractivity contribution in [3.63, 3.8) is 0 Å². The van der Waals surface area contributed by atoms with E-state index in [1.165, 1.54) is 0 Å². The summed E-state index contributed by atoms with van der Waals surface area (Å²) in [6.45, 7) is 0.938. The second-order valence-corrected chi connectivity index (χ2v) is 5.93. The van der Waals surface area contributed by atoms with E-state index in [0.29, 0.717) is 0 Å². The Balaban J connectivity index is 2.61. The first-order valence-corrected chi connectivity index (χ1v) is 4.91. The minimum Gasteiger partial charge on any atom is -0.374 e. The SMILES string of the molecule is CO[Si]1(OC)N(C)CN1C. The predicted octanol–water partition coefficient (Wildman–Crippen LogP) is -0.451. The van der Waals surface area contributed by atoms with E-state index < -0.39 is 8.88 Å². The molecule has 1 rings (SSSR count). The van der Waals surface area contributed by atoms with Crippen LogP contribution in [0.4, 0.5) is 0 Å². The van der Waals surface area contributed by atoms with Gasteiger partial charge in [0, 0.05) is 20.9 Å². The minimum atomic E-state index is -2.03. The van der Waals surface area contributed by atoms with Crippen LogP contribution in [-0.4, -0.2) is 53.0 Å². The second-order valence-electron chi connectivity index (χ2n) is 2.49. The Morgan fingerprint density at radius 1 is 1.10 bits per heavy atom. The fourth-order valence-electron chi connectivity index (χ4n) is 1.42. The van der Waals surface area contributed by atoms with Crippen LogP contribution in [0.25, 0.3) is 0 Å². The Hall–Kier alpha value is 0.0569. The zero-order valence-corrected chi connectivity index (χ0v) is 7.92. The highest BCUT2D eigenvalue weighted by atomic mass is 28.4. The van der Waals surface area contributed by atoms with Crippen molar-refractivity contribution in [3.8, 4) is 0 Å². The van der Waals surface area contributed by atoms with Gasteiger partial charge in [-0.15, -0.1) is 0 Å². The lowest BCUT2D eigenvalue weighted by Gasteiger charge is -2.50. The molecule has 0 bridgehead atoms.